The quantitative estimate of drug-likeness (QED) is 0.909. The minimum Gasteiger partial charge on any atom is -0.480 e. The van der Waals surface area contributed by atoms with Crippen LogP contribution >= 0.6 is 11.6 Å². The van der Waals surface area contributed by atoms with Gasteiger partial charge < -0.3 is 10.4 Å². The number of aliphatic carboxylic acids is 1. The molecule has 0 bridgehead atoms. The molecule has 2 rings (SSSR count). The SMILES string of the molecule is Cc1ccc(Cl)cc1NC(=O)c1cnn(C(C)C(=O)O)c1. The van der Waals surface area contributed by atoms with Crippen molar-refractivity contribution in [2.24, 2.45) is 0 Å². The van der Waals surface area contributed by atoms with Crippen molar-refractivity contribution in [1.29, 1.82) is 0 Å². The first-order valence-electron chi connectivity index (χ1n) is 6.23. The van der Waals surface area contributed by atoms with Gasteiger partial charge in [0.2, 0.25) is 0 Å². The molecule has 0 aliphatic heterocycles. The molecule has 0 fully saturated rings. The van der Waals surface area contributed by atoms with E-state index in [9.17, 15) is 9.59 Å². The fourth-order valence-corrected chi connectivity index (χ4v) is 1.88. The van der Waals surface area contributed by atoms with Crippen LogP contribution in [0.25, 0.3) is 0 Å². The number of anilines is 1. The monoisotopic (exact) mass is 307 g/mol. The summed E-state index contributed by atoms with van der Waals surface area (Å²) in [7, 11) is 0. The number of aromatic nitrogens is 2. The number of nitrogens with zero attached hydrogens (tertiary/aromatic N) is 2. The number of benzene rings is 1. The second kappa shape index (κ2) is 5.97. The van der Waals surface area contributed by atoms with Gasteiger partial charge in [-0.3, -0.25) is 9.48 Å². The molecule has 0 saturated carbocycles. The van der Waals surface area contributed by atoms with Crippen molar-refractivity contribution in [3.8, 4) is 0 Å². The number of aryl methyl sites for hydroxylation is 1. The molecule has 110 valence electrons. The van der Waals surface area contributed by atoms with Crippen molar-refractivity contribution in [3.63, 3.8) is 0 Å². The van der Waals surface area contributed by atoms with Crippen LogP contribution in [-0.4, -0.2) is 26.8 Å². The molecule has 0 saturated heterocycles. The van der Waals surface area contributed by atoms with Gasteiger partial charge in [0.1, 0.15) is 6.04 Å². The number of amides is 1. The van der Waals surface area contributed by atoms with Gasteiger partial charge in [0.05, 0.1) is 11.8 Å². The Labute approximate surface area is 126 Å². The Morgan fingerprint density at radius 2 is 2.14 bits per heavy atom. The Morgan fingerprint density at radius 1 is 1.43 bits per heavy atom. The number of carboxylic acid groups (broad SMARTS) is 1. The minimum atomic E-state index is -1.02. The molecule has 1 atom stereocenters. The molecule has 1 amide bonds. The Hall–Kier alpha value is -2.34. The van der Waals surface area contributed by atoms with Gasteiger partial charge in [-0.1, -0.05) is 17.7 Å². The van der Waals surface area contributed by atoms with E-state index in [1.54, 1.807) is 18.2 Å². The third kappa shape index (κ3) is 3.41. The molecule has 1 aromatic heterocycles. The third-order valence-corrected chi connectivity index (χ3v) is 3.30. The lowest BCUT2D eigenvalue weighted by molar-refractivity contribution is -0.140. The summed E-state index contributed by atoms with van der Waals surface area (Å²) < 4.78 is 1.22. The van der Waals surface area contributed by atoms with E-state index in [-0.39, 0.29) is 11.5 Å². The lowest BCUT2D eigenvalue weighted by Crippen LogP contribution is -2.16. The lowest BCUT2D eigenvalue weighted by atomic mass is 10.2. The van der Waals surface area contributed by atoms with Crippen LogP contribution in [-0.2, 0) is 4.79 Å². The molecular formula is C14H14ClN3O3. The topological polar surface area (TPSA) is 84.2 Å². The first kappa shape index (κ1) is 15.1. The first-order chi connectivity index (χ1) is 9.88. The summed E-state index contributed by atoms with van der Waals surface area (Å²) >= 11 is 5.89. The van der Waals surface area contributed by atoms with Crippen molar-refractivity contribution < 1.29 is 14.7 Å². The molecular weight excluding hydrogens is 294 g/mol. The summed E-state index contributed by atoms with van der Waals surface area (Å²) in [5.41, 5.74) is 1.76. The number of hydrogen-bond donors (Lipinski definition) is 2. The van der Waals surface area contributed by atoms with Crippen LogP contribution in [0.5, 0.6) is 0 Å². The van der Waals surface area contributed by atoms with Crippen LogP contribution in [0.4, 0.5) is 5.69 Å². The Morgan fingerprint density at radius 3 is 2.81 bits per heavy atom. The predicted octanol–water partition coefficient (Wildman–Crippen LogP) is 2.74. The van der Waals surface area contributed by atoms with E-state index >= 15 is 0 Å². The van der Waals surface area contributed by atoms with E-state index in [0.29, 0.717) is 10.7 Å². The molecule has 1 aromatic carbocycles. The van der Waals surface area contributed by atoms with Gasteiger partial charge in [0.15, 0.2) is 0 Å². The number of rotatable bonds is 4. The Balaban J connectivity index is 2.17. The maximum absolute atomic E-state index is 12.1. The average Bonchev–Trinajstić information content (AvgIpc) is 2.91. The molecule has 6 nitrogen and oxygen atoms in total. The van der Waals surface area contributed by atoms with Crippen molar-refractivity contribution in [1.82, 2.24) is 9.78 Å². The van der Waals surface area contributed by atoms with Crippen molar-refractivity contribution in [3.05, 3.63) is 46.7 Å². The van der Waals surface area contributed by atoms with Crippen molar-refractivity contribution in [2.75, 3.05) is 5.32 Å². The second-order valence-electron chi connectivity index (χ2n) is 4.64. The highest BCUT2D eigenvalue weighted by atomic mass is 35.5. The number of carbonyl (C=O) groups excluding carboxylic acids is 1. The number of nitrogens with one attached hydrogen (secondary N) is 1. The fourth-order valence-electron chi connectivity index (χ4n) is 1.70. The standard InChI is InChI=1S/C14H14ClN3O3/c1-8-3-4-11(15)5-12(8)17-13(19)10-6-16-18(7-10)9(2)14(20)21/h3-7,9H,1-2H3,(H,17,19)(H,20,21). The highest BCUT2D eigenvalue weighted by molar-refractivity contribution is 6.31. The number of carbonyl (C=O) groups is 2. The van der Waals surface area contributed by atoms with Crippen molar-refractivity contribution in [2.45, 2.75) is 19.9 Å². The largest absolute Gasteiger partial charge is 0.480 e. The molecule has 2 N–H and O–H groups in total. The molecule has 7 heteroatoms. The van der Waals surface area contributed by atoms with E-state index in [4.69, 9.17) is 16.7 Å². The minimum absolute atomic E-state index is 0.280. The molecule has 0 aliphatic rings. The summed E-state index contributed by atoms with van der Waals surface area (Å²) in [6.07, 6.45) is 2.72. The van der Waals surface area contributed by atoms with Crippen LogP contribution in [0.15, 0.2) is 30.6 Å². The number of hydrogen-bond acceptors (Lipinski definition) is 3. The van der Waals surface area contributed by atoms with Crippen LogP contribution in [0.1, 0.15) is 28.9 Å². The van der Waals surface area contributed by atoms with Gasteiger partial charge in [0, 0.05) is 16.9 Å². The molecule has 1 heterocycles. The van der Waals surface area contributed by atoms with E-state index in [0.717, 1.165) is 5.56 Å². The normalized spacial score (nSPS) is 12.0. The lowest BCUT2D eigenvalue weighted by Gasteiger charge is -2.08. The van der Waals surface area contributed by atoms with Gasteiger partial charge in [-0.2, -0.15) is 5.10 Å². The van der Waals surface area contributed by atoms with Crippen molar-refractivity contribution >= 4 is 29.2 Å². The smallest absolute Gasteiger partial charge is 0.328 e. The van der Waals surface area contributed by atoms with Gasteiger partial charge >= 0.3 is 5.97 Å². The van der Waals surface area contributed by atoms with Gasteiger partial charge in [-0.05, 0) is 31.5 Å². The van der Waals surface area contributed by atoms with Crippen LogP contribution in [0, 0.1) is 6.92 Å². The van der Waals surface area contributed by atoms with E-state index in [1.807, 2.05) is 6.92 Å². The summed E-state index contributed by atoms with van der Waals surface area (Å²) in [4.78, 5) is 23.0. The summed E-state index contributed by atoms with van der Waals surface area (Å²) in [6, 6.07) is 4.35. The number of halogens is 1. The Kier molecular flexibility index (Phi) is 4.28. The van der Waals surface area contributed by atoms with Gasteiger partial charge in [0.25, 0.3) is 5.91 Å². The molecule has 1 unspecified atom stereocenters. The molecule has 0 aliphatic carbocycles. The molecule has 0 spiro atoms. The average molecular weight is 308 g/mol. The van der Waals surface area contributed by atoms with Crippen LogP contribution < -0.4 is 5.32 Å². The summed E-state index contributed by atoms with van der Waals surface area (Å²) in [5, 5.41) is 16.0. The molecule has 0 radical (unpaired) electrons. The first-order valence-corrected chi connectivity index (χ1v) is 6.60. The summed E-state index contributed by atoms with van der Waals surface area (Å²) in [5.74, 6) is -1.39. The second-order valence-corrected chi connectivity index (χ2v) is 5.07. The van der Waals surface area contributed by atoms with Gasteiger partial charge in [-0.25, -0.2) is 4.79 Å². The predicted molar refractivity (Wildman–Crippen MR) is 78.7 cm³/mol. The van der Waals surface area contributed by atoms with Crippen LogP contribution in [0.3, 0.4) is 0 Å². The zero-order chi connectivity index (χ0) is 15.6. The maximum Gasteiger partial charge on any atom is 0.328 e. The summed E-state index contributed by atoms with van der Waals surface area (Å²) in [6.45, 7) is 3.33. The fraction of sp³-hybridized carbons (Fsp3) is 0.214. The van der Waals surface area contributed by atoms with E-state index in [1.165, 1.54) is 24.0 Å². The third-order valence-electron chi connectivity index (χ3n) is 3.07. The van der Waals surface area contributed by atoms with Gasteiger partial charge in [-0.15, -0.1) is 0 Å². The van der Waals surface area contributed by atoms with E-state index < -0.39 is 12.0 Å². The Bertz CT molecular complexity index is 697. The maximum atomic E-state index is 12.1. The zero-order valence-corrected chi connectivity index (χ0v) is 12.3. The van der Waals surface area contributed by atoms with Crippen LogP contribution in [0.2, 0.25) is 5.02 Å². The molecule has 21 heavy (non-hydrogen) atoms. The highest BCUT2D eigenvalue weighted by Gasteiger charge is 2.17. The van der Waals surface area contributed by atoms with E-state index in [2.05, 4.69) is 10.4 Å². The zero-order valence-electron chi connectivity index (χ0n) is 11.5. The highest BCUT2D eigenvalue weighted by Crippen LogP contribution is 2.21. The number of carboxylic acids is 1. The molecule has 2 aromatic rings.